The minimum Gasteiger partial charge on any atom is -0.497 e. The van der Waals surface area contributed by atoms with Crippen LogP contribution in [-0.2, 0) is 0 Å². The van der Waals surface area contributed by atoms with E-state index in [1.54, 1.807) is 7.11 Å². The molecule has 0 aliphatic carbocycles. The molecule has 3 rings (SSSR count). The van der Waals surface area contributed by atoms with E-state index < -0.39 is 0 Å². The summed E-state index contributed by atoms with van der Waals surface area (Å²) in [5.41, 5.74) is 4.26. The lowest BCUT2D eigenvalue weighted by molar-refractivity contribution is 0.414. The van der Waals surface area contributed by atoms with E-state index in [4.69, 9.17) is 16.3 Å². The van der Waals surface area contributed by atoms with Crippen LogP contribution in [0.3, 0.4) is 0 Å². The Balaban J connectivity index is 2.26. The SMILES string of the molecule is COc1ccc(-n2c(C(C)Cl)nc3ccc(C)cc32)cc1. The van der Waals surface area contributed by atoms with Gasteiger partial charge in [0.25, 0.3) is 0 Å². The van der Waals surface area contributed by atoms with E-state index in [2.05, 4.69) is 28.6 Å². The summed E-state index contributed by atoms with van der Waals surface area (Å²) in [7, 11) is 1.66. The molecule has 0 aliphatic heterocycles. The van der Waals surface area contributed by atoms with Crippen molar-refractivity contribution in [2.75, 3.05) is 7.11 Å². The number of benzene rings is 2. The van der Waals surface area contributed by atoms with Crippen LogP contribution in [0.1, 0.15) is 23.7 Å². The fourth-order valence-electron chi connectivity index (χ4n) is 2.47. The third-order valence-electron chi connectivity index (χ3n) is 3.52. The molecular formula is C17H17ClN2O. The number of halogens is 1. The van der Waals surface area contributed by atoms with Crippen molar-refractivity contribution in [3.8, 4) is 11.4 Å². The van der Waals surface area contributed by atoms with E-state index in [1.165, 1.54) is 5.56 Å². The summed E-state index contributed by atoms with van der Waals surface area (Å²) in [6.07, 6.45) is 0. The highest BCUT2D eigenvalue weighted by molar-refractivity contribution is 6.20. The predicted octanol–water partition coefficient (Wildman–Crippen LogP) is 4.64. The molecule has 1 unspecified atom stereocenters. The van der Waals surface area contributed by atoms with Gasteiger partial charge in [-0.2, -0.15) is 0 Å². The van der Waals surface area contributed by atoms with Gasteiger partial charge in [-0.25, -0.2) is 4.98 Å². The number of methoxy groups -OCH3 is 1. The summed E-state index contributed by atoms with van der Waals surface area (Å²) in [6.45, 7) is 4.02. The third-order valence-corrected chi connectivity index (χ3v) is 3.72. The lowest BCUT2D eigenvalue weighted by Crippen LogP contribution is -2.02. The van der Waals surface area contributed by atoms with Gasteiger partial charge in [0.15, 0.2) is 0 Å². The predicted molar refractivity (Wildman–Crippen MR) is 86.6 cm³/mol. The molecular weight excluding hydrogens is 284 g/mol. The molecule has 3 nitrogen and oxygen atoms in total. The Bertz CT molecular complexity index is 775. The second-order valence-corrected chi connectivity index (χ2v) is 5.77. The first-order chi connectivity index (χ1) is 10.1. The van der Waals surface area contributed by atoms with Gasteiger partial charge in [0.2, 0.25) is 0 Å². The minimum absolute atomic E-state index is 0.167. The van der Waals surface area contributed by atoms with Crippen LogP contribution in [0.4, 0.5) is 0 Å². The number of hydrogen-bond donors (Lipinski definition) is 0. The molecule has 0 saturated heterocycles. The number of fused-ring (bicyclic) bond motifs is 1. The average Bonchev–Trinajstić information content (AvgIpc) is 2.86. The first-order valence-electron chi connectivity index (χ1n) is 6.87. The van der Waals surface area contributed by atoms with Gasteiger partial charge in [0.05, 0.1) is 23.5 Å². The molecule has 0 amide bonds. The summed E-state index contributed by atoms with van der Waals surface area (Å²) >= 11 is 6.32. The average molecular weight is 301 g/mol. The Morgan fingerprint density at radius 3 is 2.48 bits per heavy atom. The smallest absolute Gasteiger partial charge is 0.132 e. The van der Waals surface area contributed by atoms with Crippen LogP contribution in [0, 0.1) is 6.92 Å². The van der Waals surface area contributed by atoms with Crippen molar-refractivity contribution < 1.29 is 4.74 Å². The first kappa shape index (κ1) is 14.0. The van der Waals surface area contributed by atoms with Crippen molar-refractivity contribution in [3.63, 3.8) is 0 Å². The fraction of sp³-hybridized carbons (Fsp3) is 0.235. The highest BCUT2D eigenvalue weighted by Gasteiger charge is 2.16. The molecule has 0 fully saturated rings. The maximum absolute atomic E-state index is 6.32. The molecule has 0 N–H and O–H groups in total. The zero-order valence-electron chi connectivity index (χ0n) is 12.3. The number of alkyl halides is 1. The van der Waals surface area contributed by atoms with Crippen LogP contribution in [0.25, 0.3) is 16.7 Å². The fourth-order valence-corrected chi connectivity index (χ4v) is 2.62. The Morgan fingerprint density at radius 1 is 1.14 bits per heavy atom. The van der Waals surface area contributed by atoms with Crippen LogP contribution >= 0.6 is 11.6 Å². The molecule has 21 heavy (non-hydrogen) atoms. The van der Waals surface area contributed by atoms with Crippen molar-refractivity contribution >= 4 is 22.6 Å². The van der Waals surface area contributed by atoms with Gasteiger partial charge in [-0.05, 0) is 55.8 Å². The molecule has 108 valence electrons. The summed E-state index contributed by atoms with van der Waals surface area (Å²) in [6, 6.07) is 14.2. The molecule has 2 aromatic carbocycles. The zero-order valence-corrected chi connectivity index (χ0v) is 13.1. The summed E-state index contributed by atoms with van der Waals surface area (Å²) < 4.78 is 7.33. The number of imidazole rings is 1. The van der Waals surface area contributed by atoms with E-state index in [0.29, 0.717) is 0 Å². The molecule has 4 heteroatoms. The molecule has 0 saturated carbocycles. The van der Waals surface area contributed by atoms with Crippen LogP contribution < -0.4 is 4.74 Å². The standard InChI is InChI=1S/C17H17ClN2O/c1-11-4-9-15-16(10-11)20(17(19-15)12(2)18)13-5-7-14(21-3)8-6-13/h4-10,12H,1-3H3. The lowest BCUT2D eigenvalue weighted by Gasteiger charge is -2.11. The molecule has 0 spiro atoms. The summed E-state index contributed by atoms with van der Waals surface area (Å²) in [5, 5.41) is -0.167. The minimum atomic E-state index is -0.167. The second kappa shape index (κ2) is 5.41. The third kappa shape index (κ3) is 2.49. The van der Waals surface area contributed by atoms with Gasteiger partial charge in [-0.3, -0.25) is 4.57 Å². The maximum Gasteiger partial charge on any atom is 0.132 e. The lowest BCUT2D eigenvalue weighted by atomic mass is 10.2. The highest BCUT2D eigenvalue weighted by atomic mass is 35.5. The first-order valence-corrected chi connectivity index (χ1v) is 7.31. The van der Waals surface area contributed by atoms with Crippen molar-refractivity contribution in [1.29, 1.82) is 0 Å². The summed E-state index contributed by atoms with van der Waals surface area (Å²) in [4.78, 5) is 4.67. The van der Waals surface area contributed by atoms with E-state index in [0.717, 1.165) is 28.3 Å². The van der Waals surface area contributed by atoms with E-state index in [-0.39, 0.29) is 5.38 Å². The Morgan fingerprint density at radius 2 is 1.86 bits per heavy atom. The number of hydrogen-bond acceptors (Lipinski definition) is 2. The quantitative estimate of drug-likeness (QED) is 0.659. The maximum atomic E-state index is 6.32. The molecule has 0 aliphatic rings. The molecule has 1 heterocycles. The number of rotatable bonds is 3. The Labute approximate surface area is 129 Å². The van der Waals surface area contributed by atoms with Crippen LogP contribution in [0.15, 0.2) is 42.5 Å². The highest BCUT2D eigenvalue weighted by Crippen LogP contribution is 2.29. The monoisotopic (exact) mass is 300 g/mol. The van der Waals surface area contributed by atoms with Crippen molar-refractivity contribution in [2.24, 2.45) is 0 Å². The molecule has 1 atom stereocenters. The van der Waals surface area contributed by atoms with Gasteiger partial charge in [-0.15, -0.1) is 11.6 Å². The van der Waals surface area contributed by atoms with Crippen LogP contribution in [0.2, 0.25) is 0 Å². The van der Waals surface area contributed by atoms with E-state index in [9.17, 15) is 0 Å². The van der Waals surface area contributed by atoms with Gasteiger partial charge < -0.3 is 4.74 Å². The topological polar surface area (TPSA) is 27.1 Å². The van der Waals surface area contributed by atoms with Gasteiger partial charge in [0.1, 0.15) is 11.6 Å². The normalized spacial score (nSPS) is 12.6. The van der Waals surface area contributed by atoms with Crippen molar-refractivity contribution in [2.45, 2.75) is 19.2 Å². The molecule has 3 aromatic rings. The summed E-state index contributed by atoms with van der Waals surface area (Å²) in [5.74, 6) is 1.68. The van der Waals surface area contributed by atoms with Crippen LogP contribution in [-0.4, -0.2) is 16.7 Å². The van der Waals surface area contributed by atoms with Crippen LogP contribution in [0.5, 0.6) is 5.75 Å². The largest absolute Gasteiger partial charge is 0.497 e. The van der Waals surface area contributed by atoms with E-state index >= 15 is 0 Å². The number of aryl methyl sites for hydroxylation is 1. The molecule has 1 aromatic heterocycles. The second-order valence-electron chi connectivity index (χ2n) is 5.11. The van der Waals surface area contributed by atoms with Crippen molar-refractivity contribution in [1.82, 2.24) is 9.55 Å². The Hall–Kier alpha value is -2.00. The van der Waals surface area contributed by atoms with Crippen molar-refractivity contribution in [3.05, 3.63) is 53.9 Å². The molecule has 0 radical (unpaired) electrons. The number of nitrogens with zero attached hydrogens (tertiary/aromatic N) is 2. The zero-order chi connectivity index (χ0) is 15.0. The Kier molecular flexibility index (Phi) is 3.60. The van der Waals surface area contributed by atoms with E-state index in [1.807, 2.05) is 37.3 Å². The van der Waals surface area contributed by atoms with Gasteiger partial charge in [-0.1, -0.05) is 6.07 Å². The molecule has 0 bridgehead atoms. The van der Waals surface area contributed by atoms with Gasteiger partial charge in [0, 0.05) is 5.69 Å². The number of ether oxygens (including phenoxy) is 1. The number of aromatic nitrogens is 2. The van der Waals surface area contributed by atoms with Gasteiger partial charge >= 0.3 is 0 Å².